The van der Waals surface area contributed by atoms with Crippen molar-refractivity contribution in [2.45, 2.75) is 48.6 Å². The second-order valence-electron chi connectivity index (χ2n) is 8.35. The molecular weight excluding hydrogens is 450 g/mol. The molecule has 0 aliphatic heterocycles. The highest BCUT2D eigenvalue weighted by molar-refractivity contribution is 8.01. The number of nitrogens with zero attached hydrogens (tertiary/aromatic N) is 2. The normalized spacial score (nSPS) is 14.5. The largest absolute Gasteiger partial charge is 0.481 e. The maximum atomic E-state index is 13.2. The number of carboxylic acids is 1. The Balaban J connectivity index is 1.68. The molecule has 0 atom stereocenters. The molecule has 0 saturated heterocycles. The highest BCUT2D eigenvalue weighted by Gasteiger charge is 2.28. The van der Waals surface area contributed by atoms with Crippen molar-refractivity contribution in [3.8, 4) is 0 Å². The van der Waals surface area contributed by atoms with Gasteiger partial charge >= 0.3 is 12.0 Å². The molecule has 168 valence electrons. The Morgan fingerprint density at radius 2 is 1.94 bits per heavy atom. The highest BCUT2D eigenvalue weighted by Crippen LogP contribution is 2.34. The Kier molecular flexibility index (Phi) is 8.30. The predicted octanol–water partition coefficient (Wildman–Crippen LogP) is 6.30. The molecule has 1 saturated carbocycles. The van der Waals surface area contributed by atoms with E-state index in [1.54, 1.807) is 31.8 Å². The minimum Gasteiger partial charge on any atom is -0.481 e. The maximum Gasteiger partial charge on any atom is 0.328 e. The van der Waals surface area contributed by atoms with Crippen molar-refractivity contribution in [3.05, 3.63) is 30.5 Å². The molecule has 0 unspecified atom stereocenters. The first-order valence-corrected chi connectivity index (χ1v) is 13.4. The summed E-state index contributed by atoms with van der Waals surface area (Å²) >= 11 is 4.50. The van der Waals surface area contributed by atoms with Gasteiger partial charge in [0.05, 0.1) is 15.8 Å². The Morgan fingerprint density at radius 1 is 1.26 bits per heavy atom. The monoisotopic (exact) mass is 479 g/mol. The molecule has 2 N–H and O–H groups in total. The lowest BCUT2D eigenvalue weighted by Crippen LogP contribution is -2.38. The van der Waals surface area contributed by atoms with Gasteiger partial charge in [-0.25, -0.2) is 9.78 Å². The van der Waals surface area contributed by atoms with Crippen LogP contribution in [0.25, 0.3) is 0 Å². The number of carboxylic acid groups (broad SMARTS) is 1. The summed E-state index contributed by atoms with van der Waals surface area (Å²) in [4.78, 5) is 31.8. The molecule has 6 nitrogen and oxygen atoms in total. The number of aromatic nitrogens is 1. The van der Waals surface area contributed by atoms with Crippen molar-refractivity contribution < 1.29 is 14.7 Å². The molecule has 0 bridgehead atoms. The number of urea groups is 1. The van der Waals surface area contributed by atoms with Crippen molar-refractivity contribution in [2.75, 3.05) is 28.8 Å². The first-order valence-electron chi connectivity index (χ1n) is 10.3. The number of thiazole rings is 1. The molecular formula is C22H29N3O3S3. The van der Waals surface area contributed by atoms with Gasteiger partial charge in [-0.15, -0.1) is 23.5 Å². The lowest BCUT2D eigenvalue weighted by molar-refractivity contribution is -0.145. The molecule has 1 heterocycles. The molecule has 2 amide bonds. The summed E-state index contributed by atoms with van der Waals surface area (Å²) in [6.07, 6.45) is 8.50. The summed E-state index contributed by atoms with van der Waals surface area (Å²) in [7, 11) is 0. The molecule has 0 radical (unpaired) electrons. The molecule has 1 aliphatic rings. The van der Waals surface area contributed by atoms with Gasteiger partial charge in [0.1, 0.15) is 0 Å². The summed E-state index contributed by atoms with van der Waals surface area (Å²) in [6.45, 7) is 4.11. The van der Waals surface area contributed by atoms with Gasteiger partial charge in [-0.05, 0) is 63.1 Å². The van der Waals surface area contributed by atoms with Crippen LogP contribution >= 0.6 is 34.9 Å². The third-order valence-corrected chi connectivity index (χ3v) is 8.71. The van der Waals surface area contributed by atoms with Gasteiger partial charge in [0.15, 0.2) is 5.13 Å². The fourth-order valence-electron chi connectivity index (χ4n) is 3.37. The number of amides is 2. The Morgan fingerprint density at radius 3 is 2.55 bits per heavy atom. The van der Waals surface area contributed by atoms with E-state index in [0.717, 1.165) is 27.6 Å². The molecule has 31 heavy (non-hydrogen) atoms. The standard InChI is InChI=1S/C22H29N3O3S3/c1-22(2,19(26)27)14-30-18-12-23-20(31-18)24-21(28)25(13-15-6-4-5-7-15)16-8-10-17(29-3)11-9-16/h8-12,15H,4-7,13-14H2,1-3H3,(H,26,27)(H,23,24,28). The molecule has 3 rings (SSSR count). The molecule has 1 aliphatic carbocycles. The van der Waals surface area contributed by atoms with Gasteiger partial charge < -0.3 is 5.11 Å². The highest BCUT2D eigenvalue weighted by atomic mass is 32.2. The molecule has 2 aromatic rings. The Labute approximate surface area is 196 Å². The number of thioether (sulfide) groups is 2. The first kappa shape index (κ1) is 23.9. The first-order chi connectivity index (χ1) is 14.8. The van der Waals surface area contributed by atoms with E-state index in [0.29, 0.717) is 23.3 Å². The second kappa shape index (κ2) is 10.7. The molecule has 0 spiro atoms. The Bertz CT molecular complexity index is 893. The quantitative estimate of drug-likeness (QED) is 0.411. The zero-order valence-corrected chi connectivity index (χ0v) is 20.5. The van der Waals surface area contributed by atoms with Crippen LogP contribution in [0.4, 0.5) is 15.6 Å². The van der Waals surface area contributed by atoms with Gasteiger partial charge in [-0.1, -0.05) is 24.2 Å². The van der Waals surface area contributed by atoms with Crippen molar-refractivity contribution in [3.63, 3.8) is 0 Å². The molecule has 1 aromatic heterocycles. The third-order valence-electron chi connectivity index (χ3n) is 5.40. The van der Waals surface area contributed by atoms with Crippen molar-refractivity contribution >= 4 is 57.7 Å². The number of carbonyl (C=O) groups excluding carboxylic acids is 1. The summed E-state index contributed by atoms with van der Waals surface area (Å²) in [5.74, 6) is 0.132. The van der Waals surface area contributed by atoms with Crippen LogP contribution in [0, 0.1) is 11.3 Å². The topological polar surface area (TPSA) is 82.5 Å². The van der Waals surface area contributed by atoms with E-state index < -0.39 is 11.4 Å². The number of benzene rings is 1. The second-order valence-corrected chi connectivity index (χ2v) is 11.5. The molecule has 1 aromatic carbocycles. The van der Waals surface area contributed by atoms with Crippen LogP contribution in [-0.2, 0) is 4.79 Å². The van der Waals surface area contributed by atoms with Gasteiger partial charge in [0, 0.05) is 22.9 Å². The fraction of sp³-hybridized carbons (Fsp3) is 0.500. The van der Waals surface area contributed by atoms with Crippen molar-refractivity contribution in [2.24, 2.45) is 11.3 Å². The lowest BCUT2D eigenvalue weighted by Gasteiger charge is -2.26. The van der Waals surface area contributed by atoms with E-state index in [1.807, 2.05) is 35.4 Å². The van der Waals surface area contributed by atoms with E-state index >= 15 is 0 Å². The minimum absolute atomic E-state index is 0.180. The van der Waals surface area contributed by atoms with Crippen LogP contribution in [0.15, 0.2) is 39.6 Å². The average Bonchev–Trinajstić information content (AvgIpc) is 3.42. The van der Waals surface area contributed by atoms with Crippen LogP contribution in [0.5, 0.6) is 0 Å². The zero-order chi connectivity index (χ0) is 22.4. The van der Waals surface area contributed by atoms with E-state index in [-0.39, 0.29) is 6.03 Å². The lowest BCUT2D eigenvalue weighted by atomic mass is 9.97. The minimum atomic E-state index is -0.826. The van der Waals surface area contributed by atoms with Gasteiger partial charge in [-0.2, -0.15) is 0 Å². The predicted molar refractivity (Wildman–Crippen MR) is 131 cm³/mol. The van der Waals surface area contributed by atoms with Gasteiger partial charge in [0.25, 0.3) is 0 Å². The number of anilines is 2. The summed E-state index contributed by atoms with van der Waals surface area (Å²) in [5, 5.41) is 12.7. The fourth-order valence-corrected chi connectivity index (χ4v) is 5.73. The van der Waals surface area contributed by atoms with Crippen molar-refractivity contribution in [1.29, 1.82) is 0 Å². The average molecular weight is 480 g/mol. The number of nitrogens with one attached hydrogen (secondary N) is 1. The van der Waals surface area contributed by atoms with Crippen molar-refractivity contribution in [1.82, 2.24) is 4.98 Å². The van der Waals surface area contributed by atoms with E-state index in [9.17, 15) is 14.7 Å². The number of rotatable bonds is 9. The van der Waals surface area contributed by atoms with Crippen LogP contribution in [0.2, 0.25) is 0 Å². The Hall–Kier alpha value is -1.71. The van der Waals surface area contributed by atoms with Crippen LogP contribution in [0.1, 0.15) is 39.5 Å². The summed E-state index contributed by atoms with van der Waals surface area (Å²) in [6, 6.07) is 7.89. The smallest absolute Gasteiger partial charge is 0.328 e. The third kappa shape index (κ3) is 6.63. The molecule has 9 heteroatoms. The van der Waals surface area contributed by atoms with Gasteiger partial charge in [0.2, 0.25) is 0 Å². The molecule has 1 fully saturated rings. The number of hydrogen-bond acceptors (Lipinski definition) is 6. The summed E-state index contributed by atoms with van der Waals surface area (Å²) < 4.78 is 0.885. The van der Waals surface area contributed by atoms with Crippen LogP contribution in [0.3, 0.4) is 0 Å². The van der Waals surface area contributed by atoms with Crippen LogP contribution < -0.4 is 10.2 Å². The van der Waals surface area contributed by atoms with E-state index in [4.69, 9.17) is 0 Å². The van der Waals surface area contributed by atoms with Gasteiger partial charge in [-0.3, -0.25) is 15.0 Å². The number of carbonyl (C=O) groups is 2. The van der Waals surface area contributed by atoms with Crippen LogP contribution in [-0.4, -0.2) is 40.6 Å². The zero-order valence-electron chi connectivity index (χ0n) is 18.1. The summed E-state index contributed by atoms with van der Waals surface area (Å²) in [5.41, 5.74) is 0.0654. The number of aliphatic carboxylic acids is 1. The maximum absolute atomic E-state index is 13.2. The SMILES string of the molecule is CSc1ccc(N(CC2CCCC2)C(=O)Nc2ncc(SCC(C)(C)C(=O)O)s2)cc1. The van der Waals surface area contributed by atoms with E-state index in [1.165, 1.54) is 35.9 Å². The number of hydrogen-bond donors (Lipinski definition) is 2. The van der Waals surface area contributed by atoms with E-state index in [2.05, 4.69) is 10.3 Å².